The molecule has 0 aromatic heterocycles. The first-order chi connectivity index (χ1) is 11.4. The molecule has 3 rings (SSSR count). The number of carbonyl (C=O) groups excluding carboxylic acids is 2. The highest BCUT2D eigenvalue weighted by atomic mass is 35.5. The Labute approximate surface area is 144 Å². The lowest BCUT2D eigenvalue weighted by molar-refractivity contribution is -0.122. The number of rotatable bonds is 3. The molecule has 0 spiro atoms. The molecule has 0 bridgehead atoms. The van der Waals surface area contributed by atoms with Crippen LogP contribution in [-0.2, 0) is 9.59 Å². The lowest BCUT2D eigenvalue weighted by atomic mass is 10.1. The van der Waals surface area contributed by atoms with Crippen molar-refractivity contribution >= 4 is 34.8 Å². The van der Waals surface area contributed by atoms with Crippen molar-refractivity contribution in [3.05, 3.63) is 53.1 Å². The third-order valence-corrected chi connectivity index (χ3v) is 4.30. The minimum Gasteiger partial charge on any atom is -0.506 e. The monoisotopic (exact) mass is 344 g/mol. The van der Waals surface area contributed by atoms with E-state index in [1.165, 1.54) is 6.07 Å². The van der Waals surface area contributed by atoms with Crippen LogP contribution in [0.25, 0.3) is 0 Å². The number of amides is 2. The quantitative estimate of drug-likeness (QED) is 0.839. The number of benzene rings is 2. The van der Waals surface area contributed by atoms with E-state index in [-0.39, 0.29) is 24.0 Å². The minimum atomic E-state index is -0.465. The topological polar surface area (TPSA) is 69.6 Å². The second-order valence-electron chi connectivity index (χ2n) is 5.89. The van der Waals surface area contributed by atoms with Crippen LogP contribution >= 0.6 is 11.6 Å². The Morgan fingerprint density at radius 3 is 2.67 bits per heavy atom. The van der Waals surface area contributed by atoms with E-state index in [9.17, 15) is 14.7 Å². The zero-order chi connectivity index (χ0) is 17.3. The average molecular weight is 345 g/mol. The van der Waals surface area contributed by atoms with Gasteiger partial charge in [-0.2, -0.15) is 0 Å². The Balaban J connectivity index is 1.72. The van der Waals surface area contributed by atoms with Crippen molar-refractivity contribution in [2.75, 3.05) is 16.8 Å². The molecule has 1 unspecified atom stereocenters. The van der Waals surface area contributed by atoms with E-state index < -0.39 is 5.92 Å². The lowest BCUT2D eigenvalue weighted by Gasteiger charge is -2.17. The molecule has 1 saturated heterocycles. The van der Waals surface area contributed by atoms with Crippen LogP contribution in [0.4, 0.5) is 11.4 Å². The average Bonchev–Trinajstić information content (AvgIpc) is 2.94. The second-order valence-corrected chi connectivity index (χ2v) is 6.33. The fourth-order valence-corrected chi connectivity index (χ4v) is 2.86. The van der Waals surface area contributed by atoms with Gasteiger partial charge in [-0.3, -0.25) is 9.59 Å². The summed E-state index contributed by atoms with van der Waals surface area (Å²) in [5.41, 5.74) is 2.00. The summed E-state index contributed by atoms with van der Waals surface area (Å²) in [5, 5.41) is 13.1. The summed E-state index contributed by atoms with van der Waals surface area (Å²) in [6, 6.07) is 11.9. The maximum absolute atomic E-state index is 12.4. The van der Waals surface area contributed by atoms with Crippen molar-refractivity contribution in [1.29, 1.82) is 0 Å². The molecule has 2 N–H and O–H groups in total. The molecule has 0 aliphatic carbocycles. The fourth-order valence-electron chi connectivity index (χ4n) is 2.74. The van der Waals surface area contributed by atoms with Gasteiger partial charge < -0.3 is 15.3 Å². The summed E-state index contributed by atoms with van der Waals surface area (Å²) >= 11 is 5.86. The van der Waals surface area contributed by atoms with Gasteiger partial charge in [0.25, 0.3) is 0 Å². The summed E-state index contributed by atoms with van der Waals surface area (Å²) in [5.74, 6) is -0.840. The second kappa shape index (κ2) is 6.53. The zero-order valence-corrected chi connectivity index (χ0v) is 13.9. The van der Waals surface area contributed by atoms with Crippen LogP contribution in [0.1, 0.15) is 12.0 Å². The number of nitrogens with one attached hydrogen (secondary N) is 1. The van der Waals surface area contributed by atoms with Crippen LogP contribution < -0.4 is 10.2 Å². The highest BCUT2D eigenvalue weighted by Gasteiger charge is 2.35. The highest BCUT2D eigenvalue weighted by Crippen LogP contribution is 2.29. The Bertz CT molecular complexity index is 789. The number of aryl methyl sites for hydroxylation is 1. The van der Waals surface area contributed by atoms with Crippen molar-refractivity contribution in [1.82, 2.24) is 0 Å². The molecule has 1 aliphatic rings. The number of carbonyl (C=O) groups is 2. The third kappa shape index (κ3) is 3.36. The summed E-state index contributed by atoms with van der Waals surface area (Å²) in [6.07, 6.45) is 0.140. The van der Waals surface area contributed by atoms with Gasteiger partial charge in [-0.25, -0.2) is 0 Å². The van der Waals surface area contributed by atoms with E-state index in [1.54, 1.807) is 41.3 Å². The van der Waals surface area contributed by atoms with Gasteiger partial charge >= 0.3 is 0 Å². The Kier molecular flexibility index (Phi) is 4.44. The first-order valence-corrected chi connectivity index (χ1v) is 7.98. The van der Waals surface area contributed by atoms with Crippen LogP contribution in [0.15, 0.2) is 42.5 Å². The molecular formula is C18H17ClN2O3. The van der Waals surface area contributed by atoms with E-state index in [0.717, 1.165) is 11.3 Å². The van der Waals surface area contributed by atoms with Gasteiger partial charge in [-0.1, -0.05) is 17.7 Å². The van der Waals surface area contributed by atoms with Crippen LogP contribution in [0.5, 0.6) is 5.75 Å². The van der Waals surface area contributed by atoms with Gasteiger partial charge in [-0.15, -0.1) is 0 Å². The first kappa shape index (κ1) is 16.3. The van der Waals surface area contributed by atoms with Crippen molar-refractivity contribution in [3.8, 4) is 5.75 Å². The zero-order valence-electron chi connectivity index (χ0n) is 13.1. The highest BCUT2D eigenvalue weighted by molar-refractivity contribution is 6.30. The number of halogens is 1. The van der Waals surface area contributed by atoms with E-state index in [1.807, 2.05) is 6.92 Å². The lowest BCUT2D eigenvalue weighted by Crippen LogP contribution is -2.28. The van der Waals surface area contributed by atoms with Gasteiger partial charge in [-0.05, 0) is 48.9 Å². The maximum Gasteiger partial charge on any atom is 0.229 e. The molecule has 0 radical (unpaired) electrons. The molecule has 1 atom stereocenters. The first-order valence-electron chi connectivity index (χ1n) is 7.60. The normalized spacial score (nSPS) is 17.2. The fraction of sp³-hybridized carbons (Fsp3) is 0.222. The van der Waals surface area contributed by atoms with Gasteiger partial charge in [0.2, 0.25) is 11.8 Å². The standard InChI is InChI=1S/C18H17ClN2O3/c1-11-2-7-16(22)15(8-11)20-18(24)12-9-17(23)21(10-12)14-5-3-13(19)4-6-14/h2-8,12,22H,9-10H2,1H3,(H,20,24). The van der Waals surface area contributed by atoms with Crippen molar-refractivity contribution in [2.45, 2.75) is 13.3 Å². The van der Waals surface area contributed by atoms with Gasteiger partial charge in [0.05, 0.1) is 11.6 Å². The van der Waals surface area contributed by atoms with Crippen molar-refractivity contribution in [2.24, 2.45) is 5.92 Å². The Morgan fingerprint density at radius 2 is 1.96 bits per heavy atom. The third-order valence-electron chi connectivity index (χ3n) is 4.04. The van der Waals surface area contributed by atoms with E-state index >= 15 is 0 Å². The summed E-state index contributed by atoms with van der Waals surface area (Å²) < 4.78 is 0. The SMILES string of the molecule is Cc1ccc(O)c(NC(=O)C2CC(=O)N(c3ccc(Cl)cc3)C2)c1. The van der Waals surface area contributed by atoms with E-state index in [2.05, 4.69) is 5.32 Å². The molecule has 24 heavy (non-hydrogen) atoms. The van der Waals surface area contributed by atoms with Crippen molar-refractivity contribution < 1.29 is 14.7 Å². The molecule has 0 saturated carbocycles. The number of phenolic OH excluding ortho intramolecular Hbond substituents is 1. The van der Waals surface area contributed by atoms with Gasteiger partial charge in [0.15, 0.2) is 0 Å². The van der Waals surface area contributed by atoms with Gasteiger partial charge in [0.1, 0.15) is 5.75 Å². The molecule has 6 heteroatoms. The van der Waals surface area contributed by atoms with E-state index in [4.69, 9.17) is 11.6 Å². The number of nitrogens with zero attached hydrogens (tertiary/aromatic N) is 1. The largest absolute Gasteiger partial charge is 0.506 e. The minimum absolute atomic E-state index is 0.00725. The summed E-state index contributed by atoms with van der Waals surface area (Å²) in [6.45, 7) is 2.18. The Morgan fingerprint density at radius 1 is 1.25 bits per heavy atom. The number of aromatic hydroxyl groups is 1. The molecule has 5 nitrogen and oxygen atoms in total. The van der Waals surface area contributed by atoms with Crippen LogP contribution in [0.3, 0.4) is 0 Å². The molecule has 124 valence electrons. The number of hydrogen-bond acceptors (Lipinski definition) is 3. The molecule has 2 aromatic rings. The van der Waals surface area contributed by atoms with Gasteiger partial charge in [0, 0.05) is 23.7 Å². The van der Waals surface area contributed by atoms with Crippen LogP contribution in [0, 0.1) is 12.8 Å². The number of hydrogen-bond donors (Lipinski definition) is 2. The van der Waals surface area contributed by atoms with Crippen LogP contribution in [-0.4, -0.2) is 23.5 Å². The molecule has 1 aliphatic heterocycles. The van der Waals surface area contributed by atoms with E-state index in [0.29, 0.717) is 17.3 Å². The number of phenols is 1. The molecular weight excluding hydrogens is 328 g/mol. The molecule has 2 aromatic carbocycles. The predicted molar refractivity (Wildman–Crippen MR) is 93.4 cm³/mol. The summed E-state index contributed by atoms with van der Waals surface area (Å²) in [4.78, 5) is 26.2. The molecule has 2 amide bonds. The van der Waals surface area contributed by atoms with Crippen molar-refractivity contribution in [3.63, 3.8) is 0 Å². The van der Waals surface area contributed by atoms with Crippen LogP contribution in [0.2, 0.25) is 5.02 Å². The molecule has 1 heterocycles. The smallest absolute Gasteiger partial charge is 0.229 e. The molecule has 1 fully saturated rings. The number of anilines is 2. The Hall–Kier alpha value is -2.53. The maximum atomic E-state index is 12.4. The summed E-state index contributed by atoms with van der Waals surface area (Å²) in [7, 11) is 0. The predicted octanol–water partition coefficient (Wildman–Crippen LogP) is 3.35.